The van der Waals surface area contributed by atoms with Gasteiger partial charge in [-0.15, -0.1) is 0 Å². The normalized spacial score (nSPS) is 11.1. The molecule has 164 valence electrons. The number of carbonyl (C=O) groups is 1. The van der Waals surface area contributed by atoms with Gasteiger partial charge in [-0.3, -0.25) is 4.79 Å². The van der Waals surface area contributed by atoms with E-state index >= 15 is 0 Å². The van der Waals surface area contributed by atoms with Crippen LogP contribution < -0.4 is 4.90 Å². The summed E-state index contributed by atoms with van der Waals surface area (Å²) in [5.74, 6) is 0.803. The first-order valence-corrected chi connectivity index (χ1v) is 10.7. The topological polar surface area (TPSA) is 41.4 Å². The van der Waals surface area contributed by atoms with Crippen LogP contribution in [0.25, 0.3) is 5.69 Å². The molecule has 0 unspecified atom stereocenters. The maximum atomic E-state index is 13.4. The minimum absolute atomic E-state index is 0.104. The molecule has 3 aromatic rings. The molecule has 1 heterocycles. The van der Waals surface area contributed by atoms with E-state index in [-0.39, 0.29) is 11.7 Å². The number of halogens is 1. The lowest BCUT2D eigenvalue weighted by atomic mass is 10.1. The number of aryl methyl sites for hydroxylation is 1. The van der Waals surface area contributed by atoms with Crippen molar-refractivity contribution in [3.8, 4) is 5.69 Å². The molecule has 0 fully saturated rings. The average molecular weight is 423 g/mol. The lowest BCUT2D eigenvalue weighted by Crippen LogP contribution is -2.34. The Morgan fingerprint density at radius 2 is 1.71 bits per heavy atom. The van der Waals surface area contributed by atoms with Crippen LogP contribution in [0.15, 0.2) is 54.6 Å². The summed E-state index contributed by atoms with van der Waals surface area (Å²) in [7, 11) is 3.99. The molecule has 2 aromatic carbocycles. The summed E-state index contributed by atoms with van der Waals surface area (Å²) in [4.78, 5) is 17.2. The van der Waals surface area contributed by atoms with E-state index in [9.17, 15) is 9.18 Å². The van der Waals surface area contributed by atoms with Crippen LogP contribution in [0.5, 0.6) is 0 Å². The Hall–Kier alpha value is -3.15. The fraction of sp³-hybridized carbons (Fsp3) is 0.360. The molecule has 1 aromatic heterocycles. The van der Waals surface area contributed by atoms with E-state index in [4.69, 9.17) is 5.10 Å². The largest absolute Gasteiger partial charge is 0.362 e. The average Bonchev–Trinajstić information content (AvgIpc) is 3.12. The van der Waals surface area contributed by atoms with Gasteiger partial charge in [0.05, 0.1) is 17.9 Å². The number of hydrogen-bond acceptors (Lipinski definition) is 3. The fourth-order valence-corrected chi connectivity index (χ4v) is 3.77. The summed E-state index contributed by atoms with van der Waals surface area (Å²) in [6.45, 7) is 7.30. The second-order valence-electron chi connectivity index (χ2n) is 8.33. The van der Waals surface area contributed by atoms with E-state index < -0.39 is 0 Å². The molecule has 0 saturated carbocycles. The van der Waals surface area contributed by atoms with Crippen LogP contribution in [0.3, 0.4) is 0 Å². The summed E-state index contributed by atoms with van der Waals surface area (Å²) in [6.07, 6.45) is 0.760. The summed E-state index contributed by atoms with van der Waals surface area (Å²) in [5, 5.41) is 4.88. The summed E-state index contributed by atoms with van der Waals surface area (Å²) >= 11 is 0. The van der Waals surface area contributed by atoms with Crippen molar-refractivity contribution in [3.05, 3.63) is 77.2 Å². The zero-order chi connectivity index (χ0) is 22.5. The van der Waals surface area contributed by atoms with Crippen molar-refractivity contribution in [1.82, 2.24) is 14.7 Å². The van der Waals surface area contributed by atoms with Crippen molar-refractivity contribution in [1.29, 1.82) is 0 Å². The van der Waals surface area contributed by atoms with Gasteiger partial charge < -0.3 is 9.80 Å². The molecule has 0 saturated heterocycles. The highest BCUT2D eigenvalue weighted by molar-refractivity contribution is 5.94. The Morgan fingerprint density at radius 3 is 2.26 bits per heavy atom. The predicted octanol–water partition coefficient (Wildman–Crippen LogP) is 4.94. The SMILES string of the molecule is CCc1nn(-c2ccccc2)c(N(C)C)c1CN(CC(C)C)C(=O)c1ccc(F)cc1. The first kappa shape index (κ1) is 22.5. The second kappa shape index (κ2) is 9.77. The lowest BCUT2D eigenvalue weighted by Gasteiger charge is -2.26. The van der Waals surface area contributed by atoms with E-state index in [2.05, 4.69) is 20.8 Å². The van der Waals surface area contributed by atoms with Crippen molar-refractivity contribution < 1.29 is 9.18 Å². The summed E-state index contributed by atoms with van der Waals surface area (Å²) in [6, 6.07) is 15.8. The maximum Gasteiger partial charge on any atom is 0.254 e. The van der Waals surface area contributed by atoms with Gasteiger partial charge in [-0.2, -0.15) is 5.10 Å². The van der Waals surface area contributed by atoms with Crippen LogP contribution in [0.4, 0.5) is 10.2 Å². The number of carbonyl (C=O) groups excluding carboxylic acids is 1. The third-order valence-corrected chi connectivity index (χ3v) is 5.11. The minimum Gasteiger partial charge on any atom is -0.362 e. The smallest absolute Gasteiger partial charge is 0.254 e. The zero-order valence-electron chi connectivity index (χ0n) is 19.0. The van der Waals surface area contributed by atoms with Gasteiger partial charge in [0.25, 0.3) is 5.91 Å². The second-order valence-corrected chi connectivity index (χ2v) is 8.33. The van der Waals surface area contributed by atoms with E-state index in [1.165, 1.54) is 12.1 Å². The van der Waals surface area contributed by atoms with Gasteiger partial charge in [0.1, 0.15) is 11.6 Å². The van der Waals surface area contributed by atoms with Gasteiger partial charge >= 0.3 is 0 Å². The van der Waals surface area contributed by atoms with E-state index in [0.29, 0.717) is 24.6 Å². The summed E-state index contributed by atoms with van der Waals surface area (Å²) in [5.41, 5.74) is 3.47. The first-order valence-electron chi connectivity index (χ1n) is 10.7. The molecule has 0 aliphatic rings. The molecular formula is C25H31FN4O. The lowest BCUT2D eigenvalue weighted by molar-refractivity contribution is 0.0722. The van der Waals surface area contributed by atoms with Crippen molar-refractivity contribution in [3.63, 3.8) is 0 Å². The molecule has 0 bridgehead atoms. The van der Waals surface area contributed by atoms with Gasteiger partial charge in [-0.1, -0.05) is 39.0 Å². The zero-order valence-corrected chi connectivity index (χ0v) is 19.0. The van der Waals surface area contributed by atoms with Crippen molar-refractivity contribution in [2.75, 3.05) is 25.5 Å². The van der Waals surface area contributed by atoms with E-state index in [1.54, 1.807) is 12.1 Å². The Bertz CT molecular complexity index is 1010. The Balaban J connectivity index is 2.05. The molecule has 0 N–H and O–H groups in total. The minimum atomic E-state index is -0.348. The van der Waals surface area contributed by atoms with E-state index in [1.807, 2.05) is 58.9 Å². The van der Waals surface area contributed by atoms with Crippen LogP contribution in [-0.4, -0.2) is 41.2 Å². The monoisotopic (exact) mass is 422 g/mol. The highest BCUT2D eigenvalue weighted by atomic mass is 19.1. The standard InChI is InChI=1S/C25H31FN4O/c1-6-23-22(24(28(4)5)30(27-23)21-10-8-7-9-11-21)17-29(16-18(2)3)25(31)19-12-14-20(26)15-13-19/h7-15,18H,6,16-17H2,1-5H3. The number of para-hydroxylation sites is 1. The van der Waals surface area contributed by atoms with E-state index in [0.717, 1.165) is 29.2 Å². The number of aromatic nitrogens is 2. The van der Waals surface area contributed by atoms with Crippen LogP contribution in [0.1, 0.15) is 42.4 Å². The molecule has 0 atom stereocenters. The van der Waals surface area contributed by atoms with Crippen LogP contribution in [-0.2, 0) is 13.0 Å². The first-order chi connectivity index (χ1) is 14.8. The quantitative estimate of drug-likeness (QED) is 0.516. The highest BCUT2D eigenvalue weighted by Gasteiger charge is 2.25. The molecule has 3 rings (SSSR count). The van der Waals surface area contributed by atoms with Crippen molar-refractivity contribution in [2.45, 2.75) is 33.7 Å². The molecular weight excluding hydrogens is 391 g/mol. The molecule has 5 nitrogen and oxygen atoms in total. The molecule has 6 heteroatoms. The molecule has 0 aliphatic carbocycles. The Labute approximate surface area is 184 Å². The molecule has 31 heavy (non-hydrogen) atoms. The van der Waals surface area contributed by atoms with Crippen molar-refractivity contribution in [2.24, 2.45) is 5.92 Å². The van der Waals surface area contributed by atoms with Gasteiger partial charge in [-0.25, -0.2) is 9.07 Å². The Kier molecular flexibility index (Phi) is 7.10. The number of rotatable bonds is 8. The highest BCUT2D eigenvalue weighted by Crippen LogP contribution is 2.29. The molecule has 1 amide bonds. The number of benzene rings is 2. The fourth-order valence-electron chi connectivity index (χ4n) is 3.77. The molecule has 0 radical (unpaired) electrons. The predicted molar refractivity (Wildman–Crippen MR) is 123 cm³/mol. The van der Waals surface area contributed by atoms with Crippen LogP contribution in [0.2, 0.25) is 0 Å². The third kappa shape index (κ3) is 5.13. The van der Waals surface area contributed by atoms with Gasteiger partial charge in [-0.05, 0) is 48.7 Å². The number of nitrogens with zero attached hydrogens (tertiary/aromatic N) is 4. The number of anilines is 1. The van der Waals surface area contributed by atoms with Crippen LogP contribution in [0, 0.1) is 11.7 Å². The van der Waals surface area contributed by atoms with Crippen molar-refractivity contribution >= 4 is 11.7 Å². The third-order valence-electron chi connectivity index (χ3n) is 5.11. The van der Waals surface area contributed by atoms with Gasteiger partial charge in [0, 0.05) is 31.8 Å². The number of hydrogen-bond donors (Lipinski definition) is 0. The van der Waals surface area contributed by atoms with Gasteiger partial charge in [0.2, 0.25) is 0 Å². The molecule has 0 spiro atoms. The summed E-state index contributed by atoms with van der Waals surface area (Å²) < 4.78 is 15.3. The Morgan fingerprint density at radius 1 is 1.06 bits per heavy atom. The maximum absolute atomic E-state index is 13.4. The van der Waals surface area contributed by atoms with Gasteiger partial charge in [0.15, 0.2) is 0 Å². The van der Waals surface area contributed by atoms with Crippen LogP contribution >= 0.6 is 0 Å². The molecule has 0 aliphatic heterocycles. The number of amides is 1.